The van der Waals surface area contributed by atoms with Gasteiger partial charge >= 0.3 is 5.97 Å². The second kappa shape index (κ2) is 8.35. The van der Waals surface area contributed by atoms with Gasteiger partial charge < -0.3 is 9.47 Å². The van der Waals surface area contributed by atoms with Crippen molar-refractivity contribution in [1.82, 2.24) is 4.98 Å². The van der Waals surface area contributed by atoms with Crippen molar-refractivity contribution in [3.8, 4) is 5.75 Å². The first-order valence-corrected chi connectivity index (χ1v) is 8.56. The molecule has 0 bridgehead atoms. The van der Waals surface area contributed by atoms with Gasteiger partial charge in [-0.3, -0.25) is 4.79 Å². The maximum atomic E-state index is 12.8. The van der Waals surface area contributed by atoms with Gasteiger partial charge in [-0.1, -0.05) is 12.1 Å². The van der Waals surface area contributed by atoms with E-state index in [1.807, 2.05) is 0 Å². The van der Waals surface area contributed by atoms with Crippen LogP contribution in [0.5, 0.6) is 5.75 Å². The molecule has 132 valence electrons. The summed E-state index contributed by atoms with van der Waals surface area (Å²) in [5, 5.41) is 2.50. The van der Waals surface area contributed by atoms with Crippen LogP contribution >= 0.6 is 11.3 Å². The smallest absolute Gasteiger partial charge is 0.338 e. The summed E-state index contributed by atoms with van der Waals surface area (Å²) < 4.78 is 23.6. The second-order valence-corrected chi connectivity index (χ2v) is 6.23. The molecule has 3 aromatic rings. The SMILES string of the molecule is O=Cc1ccc(C(=O)OCc2csc(COc3ccc(F)cc3)n2)cc1. The molecule has 0 aliphatic heterocycles. The summed E-state index contributed by atoms with van der Waals surface area (Å²) in [5.41, 5.74) is 1.48. The number of halogens is 1. The summed E-state index contributed by atoms with van der Waals surface area (Å²) in [5.74, 6) is -0.260. The van der Waals surface area contributed by atoms with Crippen LogP contribution in [0.3, 0.4) is 0 Å². The average molecular weight is 371 g/mol. The van der Waals surface area contributed by atoms with E-state index in [-0.39, 0.29) is 19.0 Å². The largest absolute Gasteiger partial charge is 0.486 e. The normalized spacial score (nSPS) is 10.3. The van der Waals surface area contributed by atoms with Crippen molar-refractivity contribution in [2.45, 2.75) is 13.2 Å². The number of benzene rings is 2. The van der Waals surface area contributed by atoms with Crippen LogP contribution in [0.25, 0.3) is 0 Å². The highest BCUT2D eigenvalue weighted by Gasteiger charge is 2.09. The second-order valence-electron chi connectivity index (χ2n) is 5.29. The van der Waals surface area contributed by atoms with Gasteiger partial charge in [0.05, 0.1) is 11.3 Å². The summed E-state index contributed by atoms with van der Waals surface area (Å²) in [4.78, 5) is 26.9. The highest BCUT2D eigenvalue weighted by molar-refractivity contribution is 7.09. The molecule has 0 unspecified atom stereocenters. The number of hydrogen-bond acceptors (Lipinski definition) is 6. The molecule has 3 rings (SSSR count). The van der Waals surface area contributed by atoms with Crippen molar-refractivity contribution >= 4 is 23.6 Å². The predicted octanol–water partition coefficient (Wildman–Crippen LogP) is 4.03. The molecule has 0 atom stereocenters. The van der Waals surface area contributed by atoms with E-state index in [4.69, 9.17) is 9.47 Å². The van der Waals surface area contributed by atoms with Gasteiger partial charge in [0.25, 0.3) is 0 Å². The van der Waals surface area contributed by atoms with Crippen LogP contribution in [0.4, 0.5) is 4.39 Å². The van der Waals surface area contributed by atoms with E-state index >= 15 is 0 Å². The number of aldehydes is 1. The molecular formula is C19H14FNO4S. The molecule has 0 spiro atoms. The zero-order chi connectivity index (χ0) is 18.4. The molecule has 7 heteroatoms. The molecule has 0 aliphatic carbocycles. The number of carbonyl (C=O) groups is 2. The van der Waals surface area contributed by atoms with E-state index in [2.05, 4.69) is 4.98 Å². The van der Waals surface area contributed by atoms with E-state index in [1.165, 1.54) is 35.6 Å². The third-order valence-corrected chi connectivity index (χ3v) is 4.28. The summed E-state index contributed by atoms with van der Waals surface area (Å²) in [7, 11) is 0. The monoisotopic (exact) mass is 371 g/mol. The van der Waals surface area contributed by atoms with Gasteiger partial charge in [0.15, 0.2) is 0 Å². The van der Waals surface area contributed by atoms with E-state index in [1.54, 1.807) is 29.6 Å². The van der Waals surface area contributed by atoms with Crippen LogP contribution in [0, 0.1) is 5.82 Å². The number of thiazole rings is 1. The summed E-state index contributed by atoms with van der Waals surface area (Å²) in [6, 6.07) is 11.9. The van der Waals surface area contributed by atoms with Gasteiger partial charge in [0, 0.05) is 10.9 Å². The van der Waals surface area contributed by atoms with Crippen molar-refractivity contribution in [3.05, 3.63) is 81.6 Å². The zero-order valence-corrected chi connectivity index (χ0v) is 14.4. The summed E-state index contributed by atoms with van der Waals surface area (Å²) >= 11 is 1.38. The number of ether oxygens (including phenoxy) is 2. The van der Waals surface area contributed by atoms with Gasteiger partial charge in [-0.25, -0.2) is 14.2 Å². The standard InChI is InChI=1S/C19H14FNO4S/c20-15-5-7-17(8-6-15)24-11-18-21-16(12-26-18)10-25-19(23)14-3-1-13(9-22)2-4-14/h1-9,12H,10-11H2. The Bertz CT molecular complexity index is 891. The minimum absolute atomic E-state index is 0.0430. The number of esters is 1. The van der Waals surface area contributed by atoms with Crippen molar-refractivity contribution in [3.63, 3.8) is 0 Å². The lowest BCUT2D eigenvalue weighted by atomic mass is 10.1. The lowest BCUT2D eigenvalue weighted by Crippen LogP contribution is -2.05. The number of nitrogens with zero attached hydrogens (tertiary/aromatic N) is 1. The van der Waals surface area contributed by atoms with Gasteiger partial charge in [-0.2, -0.15) is 0 Å². The quantitative estimate of drug-likeness (QED) is 0.463. The fourth-order valence-corrected chi connectivity index (χ4v) is 2.77. The Morgan fingerprint density at radius 1 is 1.08 bits per heavy atom. The topological polar surface area (TPSA) is 65.5 Å². The molecule has 5 nitrogen and oxygen atoms in total. The van der Waals surface area contributed by atoms with Crippen molar-refractivity contribution < 1.29 is 23.5 Å². The van der Waals surface area contributed by atoms with Gasteiger partial charge in [0.2, 0.25) is 0 Å². The molecule has 0 aliphatic rings. The minimum atomic E-state index is -0.487. The first kappa shape index (κ1) is 17.8. The van der Waals surface area contributed by atoms with Crippen LogP contribution < -0.4 is 4.74 Å². The Morgan fingerprint density at radius 3 is 2.50 bits per heavy atom. The fraction of sp³-hybridized carbons (Fsp3) is 0.105. The highest BCUT2D eigenvalue weighted by Crippen LogP contribution is 2.17. The van der Waals surface area contributed by atoms with Crippen LogP contribution in [-0.4, -0.2) is 17.2 Å². The molecule has 26 heavy (non-hydrogen) atoms. The molecule has 1 heterocycles. The Hall–Kier alpha value is -3.06. The summed E-state index contributed by atoms with van der Waals surface area (Å²) in [6.45, 7) is 0.290. The van der Waals surface area contributed by atoms with Crippen molar-refractivity contribution in [2.75, 3.05) is 0 Å². The molecule has 1 aromatic heterocycles. The first-order chi connectivity index (χ1) is 12.6. The molecule has 0 amide bonds. The Morgan fingerprint density at radius 2 is 1.81 bits per heavy atom. The maximum absolute atomic E-state index is 12.8. The number of aromatic nitrogens is 1. The molecule has 0 radical (unpaired) electrons. The molecule has 0 fully saturated rings. The fourth-order valence-electron chi connectivity index (χ4n) is 2.08. The maximum Gasteiger partial charge on any atom is 0.338 e. The Labute approximate surface area is 153 Å². The van der Waals surface area contributed by atoms with Crippen LogP contribution in [0.2, 0.25) is 0 Å². The molecule has 0 N–H and O–H groups in total. The average Bonchev–Trinajstić information content (AvgIpc) is 3.13. The molecule has 0 saturated heterocycles. The van der Waals surface area contributed by atoms with Crippen molar-refractivity contribution in [1.29, 1.82) is 0 Å². The van der Waals surface area contributed by atoms with Gasteiger partial charge in [-0.05, 0) is 36.4 Å². The van der Waals surface area contributed by atoms with E-state index in [9.17, 15) is 14.0 Å². The molecule has 0 saturated carbocycles. The number of hydrogen-bond donors (Lipinski definition) is 0. The minimum Gasteiger partial charge on any atom is -0.486 e. The van der Waals surface area contributed by atoms with Crippen LogP contribution in [0.1, 0.15) is 31.4 Å². The van der Waals surface area contributed by atoms with E-state index < -0.39 is 5.97 Å². The highest BCUT2D eigenvalue weighted by atomic mass is 32.1. The Balaban J connectivity index is 1.50. The predicted molar refractivity (Wildman–Crippen MR) is 93.8 cm³/mol. The third kappa shape index (κ3) is 4.73. The van der Waals surface area contributed by atoms with E-state index in [0.717, 1.165) is 5.01 Å². The first-order valence-electron chi connectivity index (χ1n) is 7.68. The van der Waals surface area contributed by atoms with Crippen LogP contribution in [-0.2, 0) is 18.0 Å². The zero-order valence-electron chi connectivity index (χ0n) is 13.6. The van der Waals surface area contributed by atoms with Gasteiger partial charge in [-0.15, -0.1) is 11.3 Å². The van der Waals surface area contributed by atoms with Gasteiger partial charge in [0.1, 0.15) is 36.1 Å². The lowest BCUT2D eigenvalue weighted by Gasteiger charge is -2.04. The lowest BCUT2D eigenvalue weighted by molar-refractivity contribution is 0.0468. The number of rotatable bonds is 7. The Kier molecular flexibility index (Phi) is 5.70. The van der Waals surface area contributed by atoms with Crippen molar-refractivity contribution in [2.24, 2.45) is 0 Å². The third-order valence-electron chi connectivity index (χ3n) is 3.41. The number of carbonyl (C=O) groups excluding carboxylic acids is 2. The molecular weight excluding hydrogens is 357 g/mol. The molecule has 2 aromatic carbocycles. The van der Waals surface area contributed by atoms with Crippen LogP contribution in [0.15, 0.2) is 53.9 Å². The van der Waals surface area contributed by atoms with E-state index in [0.29, 0.717) is 28.9 Å². The summed E-state index contributed by atoms with van der Waals surface area (Å²) in [6.07, 6.45) is 0.708.